The van der Waals surface area contributed by atoms with Gasteiger partial charge < -0.3 is 10.6 Å². The van der Waals surface area contributed by atoms with Gasteiger partial charge in [-0.3, -0.25) is 4.79 Å². The zero-order chi connectivity index (χ0) is 15.1. The van der Waals surface area contributed by atoms with Gasteiger partial charge in [0.15, 0.2) is 0 Å². The minimum Gasteiger partial charge on any atom is -0.367 e. The molecule has 2 unspecified atom stereocenters. The first kappa shape index (κ1) is 15.1. The summed E-state index contributed by atoms with van der Waals surface area (Å²) in [4.78, 5) is 13.6. The molecule has 1 aromatic rings. The molecule has 2 N–H and O–H groups in total. The molecule has 2 atom stereocenters. The molecule has 0 bridgehead atoms. The van der Waals surface area contributed by atoms with Crippen molar-refractivity contribution in [1.82, 2.24) is 9.78 Å². The van der Waals surface area contributed by atoms with Crippen molar-refractivity contribution in [2.45, 2.75) is 25.7 Å². The summed E-state index contributed by atoms with van der Waals surface area (Å²) >= 11 is 5.88. The van der Waals surface area contributed by atoms with Crippen LogP contribution in [0.25, 0.3) is 0 Å². The first-order valence-electron chi connectivity index (χ1n) is 6.02. The van der Waals surface area contributed by atoms with Crippen LogP contribution in [0.15, 0.2) is 11.0 Å². The molecule has 1 aliphatic rings. The average Bonchev–Trinajstić information content (AvgIpc) is 2.64. The molecule has 1 fully saturated rings. The Bertz CT molecular complexity index is 550. The molecule has 0 radical (unpaired) electrons. The first-order valence-corrected chi connectivity index (χ1v) is 6.39. The molecule has 1 aromatic heterocycles. The second-order valence-electron chi connectivity index (χ2n) is 4.97. The summed E-state index contributed by atoms with van der Waals surface area (Å²) in [7, 11) is 0. The normalized spacial score (nSPS) is 23.4. The summed E-state index contributed by atoms with van der Waals surface area (Å²) in [5, 5.41) is 3.28. The lowest BCUT2D eigenvalue weighted by atomic mass is 10.1. The fraction of sp³-hybridized carbons (Fsp3) is 0.636. The largest absolute Gasteiger partial charge is 0.408 e. The van der Waals surface area contributed by atoms with E-state index in [0.29, 0.717) is 23.5 Å². The van der Waals surface area contributed by atoms with Crippen LogP contribution >= 0.6 is 11.6 Å². The minimum absolute atomic E-state index is 0.0660. The average molecular weight is 311 g/mol. The maximum absolute atomic E-state index is 12.3. The van der Waals surface area contributed by atoms with Crippen LogP contribution in [0.3, 0.4) is 0 Å². The van der Waals surface area contributed by atoms with Gasteiger partial charge in [-0.05, 0) is 5.92 Å². The number of hydrogen-bond acceptors (Lipinski definition) is 4. The van der Waals surface area contributed by atoms with Crippen molar-refractivity contribution in [2.24, 2.45) is 11.7 Å². The molecule has 9 heteroatoms. The zero-order valence-electron chi connectivity index (χ0n) is 10.7. The third kappa shape index (κ3) is 3.06. The fourth-order valence-electron chi connectivity index (χ4n) is 2.15. The van der Waals surface area contributed by atoms with Crippen molar-refractivity contribution < 1.29 is 13.2 Å². The van der Waals surface area contributed by atoms with Crippen molar-refractivity contribution in [3.63, 3.8) is 0 Å². The topological polar surface area (TPSA) is 64.2 Å². The lowest BCUT2D eigenvalue weighted by Crippen LogP contribution is -2.33. The fourth-order valence-corrected chi connectivity index (χ4v) is 2.41. The standard InChI is InChI=1S/C11H14ClF3N4O/c1-6-3-18(4-7(6)16)8-2-17-19(5-11(13,14)15)10(20)9(8)12/h2,6-7H,3-5,16H2,1H3. The zero-order valence-corrected chi connectivity index (χ0v) is 11.4. The van der Waals surface area contributed by atoms with E-state index in [9.17, 15) is 18.0 Å². The number of aromatic nitrogens is 2. The van der Waals surface area contributed by atoms with Crippen molar-refractivity contribution in [3.05, 3.63) is 21.6 Å². The molecule has 0 aliphatic carbocycles. The van der Waals surface area contributed by atoms with Crippen molar-refractivity contribution in [1.29, 1.82) is 0 Å². The Labute approximate surface area is 118 Å². The van der Waals surface area contributed by atoms with Gasteiger partial charge in [0.2, 0.25) is 0 Å². The molecule has 112 valence electrons. The molecular weight excluding hydrogens is 297 g/mol. The third-order valence-corrected chi connectivity index (χ3v) is 3.66. The first-order chi connectivity index (χ1) is 9.19. The summed E-state index contributed by atoms with van der Waals surface area (Å²) < 4.78 is 37.2. The number of rotatable bonds is 2. The van der Waals surface area contributed by atoms with E-state index >= 15 is 0 Å². The molecule has 0 saturated carbocycles. The molecule has 5 nitrogen and oxygen atoms in total. The lowest BCUT2D eigenvalue weighted by molar-refractivity contribution is -0.143. The van der Waals surface area contributed by atoms with Crippen LogP contribution in [0, 0.1) is 5.92 Å². The maximum Gasteiger partial charge on any atom is 0.408 e. The van der Waals surface area contributed by atoms with Gasteiger partial charge in [0.05, 0.1) is 11.9 Å². The maximum atomic E-state index is 12.3. The summed E-state index contributed by atoms with van der Waals surface area (Å²) in [5.41, 5.74) is 5.25. The Hall–Kier alpha value is -1.28. The molecule has 0 amide bonds. The van der Waals surface area contributed by atoms with Crippen molar-refractivity contribution >= 4 is 17.3 Å². The second kappa shape index (κ2) is 5.25. The van der Waals surface area contributed by atoms with Gasteiger partial charge >= 0.3 is 6.18 Å². The number of halogens is 4. The monoisotopic (exact) mass is 310 g/mol. The van der Waals surface area contributed by atoms with E-state index in [2.05, 4.69) is 5.10 Å². The summed E-state index contributed by atoms with van der Waals surface area (Å²) in [5.74, 6) is 0.212. The Kier molecular flexibility index (Phi) is 3.97. The Balaban J connectivity index is 2.30. The van der Waals surface area contributed by atoms with E-state index in [1.54, 1.807) is 4.90 Å². The van der Waals surface area contributed by atoms with E-state index < -0.39 is 18.3 Å². The number of nitrogens with zero attached hydrogens (tertiary/aromatic N) is 3. The van der Waals surface area contributed by atoms with Gasteiger partial charge in [-0.1, -0.05) is 18.5 Å². The molecule has 1 saturated heterocycles. The molecule has 1 aliphatic heterocycles. The van der Waals surface area contributed by atoms with Gasteiger partial charge in [0, 0.05) is 19.1 Å². The lowest BCUT2D eigenvalue weighted by Gasteiger charge is -2.19. The predicted octanol–water partition coefficient (Wildman–Crippen LogP) is 1.24. The van der Waals surface area contributed by atoms with Crippen LogP contribution in [0.4, 0.5) is 18.9 Å². The highest BCUT2D eigenvalue weighted by Gasteiger charge is 2.32. The molecule has 0 spiro atoms. The van der Waals surface area contributed by atoms with Crippen LogP contribution in [0.5, 0.6) is 0 Å². The molecular formula is C11H14ClF3N4O. The highest BCUT2D eigenvalue weighted by Crippen LogP contribution is 2.27. The number of hydrogen-bond donors (Lipinski definition) is 1. The smallest absolute Gasteiger partial charge is 0.367 e. The summed E-state index contributed by atoms with van der Waals surface area (Å²) in [6, 6.07) is -0.0660. The minimum atomic E-state index is -4.52. The SMILES string of the molecule is CC1CN(c2cnn(CC(F)(F)F)c(=O)c2Cl)CC1N. The van der Waals surface area contributed by atoms with E-state index in [4.69, 9.17) is 17.3 Å². The van der Waals surface area contributed by atoms with E-state index in [1.165, 1.54) is 6.20 Å². The van der Waals surface area contributed by atoms with Crippen molar-refractivity contribution in [2.75, 3.05) is 18.0 Å². The number of nitrogens with two attached hydrogens (primary N) is 1. The second-order valence-corrected chi connectivity index (χ2v) is 5.35. The van der Waals surface area contributed by atoms with Gasteiger partial charge in [-0.2, -0.15) is 18.3 Å². The Morgan fingerprint density at radius 3 is 2.65 bits per heavy atom. The van der Waals surface area contributed by atoms with Crippen LogP contribution in [-0.4, -0.2) is 35.1 Å². The molecule has 20 heavy (non-hydrogen) atoms. The van der Waals surface area contributed by atoms with Gasteiger partial charge in [-0.15, -0.1) is 0 Å². The summed E-state index contributed by atoms with van der Waals surface area (Å²) in [6.07, 6.45) is -3.34. The van der Waals surface area contributed by atoms with E-state index in [1.807, 2.05) is 6.92 Å². The number of anilines is 1. The van der Waals surface area contributed by atoms with Crippen LogP contribution in [-0.2, 0) is 6.54 Å². The van der Waals surface area contributed by atoms with Crippen LogP contribution in [0.1, 0.15) is 6.92 Å². The number of alkyl halides is 3. The van der Waals surface area contributed by atoms with E-state index in [-0.39, 0.29) is 17.0 Å². The van der Waals surface area contributed by atoms with Crippen LogP contribution < -0.4 is 16.2 Å². The third-order valence-electron chi connectivity index (χ3n) is 3.31. The molecule has 2 heterocycles. The van der Waals surface area contributed by atoms with Crippen molar-refractivity contribution in [3.8, 4) is 0 Å². The van der Waals surface area contributed by atoms with Crippen LogP contribution in [0.2, 0.25) is 5.02 Å². The highest BCUT2D eigenvalue weighted by molar-refractivity contribution is 6.33. The predicted molar refractivity (Wildman–Crippen MR) is 68.9 cm³/mol. The van der Waals surface area contributed by atoms with Gasteiger partial charge in [-0.25, -0.2) is 4.68 Å². The van der Waals surface area contributed by atoms with Gasteiger partial charge in [0.25, 0.3) is 5.56 Å². The quantitative estimate of drug-likeness (QED) is 0.893. The highest BCUT2D eigenvalue weighted by atomic mass is 35.5. The molecule has 0 aromatic carbocycles. The Morgan fingerprint density at radius 1 is 1.50 bits per heavy atom. The summed E-state index contributed by atoms with van der Waals surface area (Å²) in [6.45, 7) is 1.58. The molecule has 2 rings (SSSR count). The van der Waals surface area contributed by atoms with Gasteiger partial charge in [0.1, 0.15) is 11.6 Å². The Morgan fingerprint density at radius 2 is 2.15 bits per heavy atom. The van der Waals surface area contributed by atoms with E-state index in [0.717, 1.165) is 0 Å².